The molecule has 0 aliphatic carbocycles. The summed E-state index contributed by atoms with van der Waals surface area (Å²) in [4.78, 5) is 18.6. The summed E-state index contributed by atoms with van der Waals surface area (Å²) in [5, 5.41) is 10.1. The quantitative estimate of drug-likeness (QED) is 0.460. The van der Waals surface area contributed by atoms with Crippen LogP contribution in [0, 0.1) is 6.92 Å². The third-order valence-electron chi connectivity index (χ3n) is 6.01. The Morgan fingerprint density at radius 3 is 2.70 bits per heavy atom. The van der Waals surface area contributed by atoms with Gasteiger partial charge in [0.1, 0.15) is 18.2 Å². The second-order valence-corrected chi connectivity index (χ2v) is 8.11. The van der Waals surface area contributed by atoms with Gasteiger partial charge in [0, 0.05) is 18.5 Å². The molecule has 1 aliphatic rings. The fourth-order valence-corrected chi connectivity index (χ4v) is 4.28. The molecule has 7 heteroatoms. The SMILES string of the molecule is COc1ccc2c(c1OCc1ccccc1)CC(C(=O)O)N(c1nc3cccc(C)c3o1)C2. The number of benzene rings is 3. The molecule has 0 amide bonds. The van der Waals surface area contributed by atoms with Gasteiger partial charge in [-0.25, -0.2) is 4.79 Å². The first-order chi connectivity index (χ1) is 16.0. The Balaban J connectivity index is 1.53. The van der Waals surface area contributed by atoms with Gasteiger partial charge in [-0.05, 0) is 35.7 Å². The van der Waals surface area contributed by atoms with Crippen molar-refractivity contribution >= 4 is 23.1 Å². The van der Waals surface area contributed by atoms with Crippen LogP contribution in [0.25, 0.3) is 11.1 Å². The Bertz CT molecular complexity index is 1320. The fourth-order valence-electron chi connectivity index (χ4n) is 4.28. The average molecular weight is 444 g/mol. The van der Waals surface area contributed by atoms with Crippen LogP contribution in [0.3, 0.4) is 0 Å². The summed E-state index contributed by atoms with van der Waals surface area (Å²) >= 11 is 0. The van der Waals surface area contributed by atoms with Crippen LogP contribution in [0.15, 0.2) is 65.1 Å². The third kappa shape index (κ3) is 3.86. The molecule has 1 aliphatic heterocycles. The molecule has 0 saturated carbocycles. The molecule has 0 spiro atoms. The number of carboxylic acids is 1. The molecule has 0 fully saturated rings. The molecule has 1 aromatic heterocycles. The van der Waals surface area contributed by atoms with Crippen LogP contribution in [0.5, 0.6) is 11.5 Å². The number of fused-ring (bicyclic) bond motifs is 2. The molecule has 4 aromatic rings. The maximum atomic E-state index is 12.3. The Kier molecular flexibility index (Phi) is 5.38. The summed E-state index contributed by atoms with van der Waals surface area (Å²) in [6.07, 6.45) is 0.240. The summed E-state index contributed by atoms with van der Waals surface area (Å²) < 4.78 is 17.7. The normalized spacial score (nSPS) is 15.3. The van der Waals surface area contributed by atoms with Crippen LogP contribution >= 0.6 is 0 Å². The zero-order valence-electron chi connectivity index (χ0n) is 18.4. The van der Waals surface area contributed by atoms with Crippen molar-refractivity contribution in [2.45, 2.75) is 32.5 Å². The van der Waals surface area contributed by atoms with Crippen molar-refractivity contribution in [1.82, 2.24) is 4.98 Å². The number of ether oxygens (including phenoxy) is 2. The molecule has 1 atom stereocenters. The topological polar surface area (TPSA) is 85.0 Å². The summed E-state index contributed by atoms with van der Waals surface area (Å²) in [5.74, 6) is 0.217. The van der Waals surface area contributed by atoms with Crippen LogP contribution in [-0.2, 0) is 24.4 Å². The van der Waals surface area contributed by atoms with Crippen molar-refractivity contribution in [1.29, 1.82) is 0 Å². The van der Waals surface area contributed by atoms with Gasteiger partial charge in [0.05, 0.1) is 7.11 Å². The lowest BCUT2D eigenvalue weighted by atomic mass is 9.93. The molecule has 168 valence electrons. The van der Waals surface area contributed by atoms with E-state index in [0.29, 0.717) is 41.8 Å². The molecule has 5 rings (SSSR count). The van der Waals surface area contributed by atoms with Crippen molar-refractivity contribution in [3.05, 3.63) is 82.9 Å². The number of aryl methyl sites for hydroxylation is 1. The van der Waals surface area contributed by atoms with Crippen LogP contribution in [0.2, 0.25) is 0 Å². The number of aromatic nitrogens is 1. The molecule has 1 N–H and O–H groups in total. The Morgan fingerprint density at radius 1 is 1.15 bits per heavy atom. The average Bonchev–Trinajstić information content (AvgIpc) is 3.28. The van der Waals surface area contributed by atoms with E-state index < -0.39 is 12.0 Å². The summed E-state index contributed by atoms with van der Waals surface area (Å²) in [6, 6.07) is 18.8. The minimum absolute atomic E-state index is 0.240. The first kappa shape index (κ1) is 20.9. The molecular formula is C26H24N2O5. The minimum Gasteiger partial charge on any atom is -0.493 e. The van der Waals surface area contributed by atoms with Crippen molar-refractivity contribution < 1.29 is 23.8 Å². The van der Waals surface area contributed by atoms with Crippen molar-refractivity contribution in [3.63, 3.8) is 0 Å². The highest BCUT2D eigenvalue weighted by molar-refractivity contribution is 5.82. The molecule has 0 radical (unpaired) electrons. The number of methoxy groups -OCH3 is 1. The standard InChI is InChI=1S/C26H24N2O5/c1-16-7-6-10-20-23(16)33-26(27-20)28-14-18-11-12-22(31-2)24(19(18)13-21(28)25(29)30)32-15-17-8-4-3-5-9-17/h3-12,21H,13-15H2,1-2H3,(H,29,30). The van der Waals surface area contributed by atoms with Crippen molar-refractivity contribution in [3.8, 4) is 11.5 Å². The van der Waals surface area contributed by atoms with Gasteiger partial charge in [0.25, 0.3) is 6.01 Å². The van der Waals surface area contributed by atoms with Gasteiger partial charge in [-0.15, -0.1) is 0 Å². The monoisotopic (exact) mass is 444 g/mol. The number of carboxylic acid groups (broad SMARTS) is 1. The lowest BCUT2D eigenvalue weighted by molar-refractivity contribution is -0.138. The van der Waals surface area contributed by atoms with E-state index in [1.165, 1.54) is 0 Å². The van der Waals surface area contributed by atoms with Crippen LogP contribution in [-0.4, -0.2) is 29.2 Å². The van der Waals surface area contributed by atoms with Crippen molar-refractivity contribution in [2.75, 3.05) is 12.0 Å². The largest absolute Gasteiger partial charge is 0.493 e. The lowest BCUT2D eigenvalue weighted by Crippen LogP contribution is -2.46. The molecule has 0 bridgehead atoms. The van der Waals surface area contributed by atoms with Gasteiger partial charge in [0.2, 0.25) is 0 Å². The van der Waals surface area contributed by atoms with E-state index in [2.05, 4.69) is 4.98 Å². The fraction of sp³-hybridized carbons (Fsp3) is 0.231. The predicted octanol–water partition coefficient (Wildman–Crippen LogP) is 4.74. The zero-order valence-corrected chi connectivity index (χ0v) is 18.4. The summed E-state index contributed by atoms with van der Waals surface area (Å²) in [6.45, 7) is 2.64. The van der Waals surface area contributed by atoms with Crippen molar-refractivity contribution in [2.24, 2.45) is 0 Å². The number of para-hydroxylation sites is 1. The Labute approximate surface area is 191 Å². The Hall–Kier alpha value is -4.00. The van der Waals surface area contributed by atoms with E-state index >= 15 is 0 Å². The van der Waals surface area contributed by atoms with E-state index in [1.807, 2.05) is 67.6 Å². The second kappa shape index (κ2) is 8.50. The van der Waals surface area contributed by atoms with Gasteiger partial charge in [-0.2, -0.15) is 4.98 Å². The number of nitrogens with zero attached hydrogens (tertiary/aromatic N) is 2. The number of carbonyl (C=O) groups is 1. The second-order valence-electron chi connectivity index (χ2n) is 8.11. The molecule has 0 saturated heterocycles. The highest BCUT2D eigenvalue weighted by atomic mass is 16.5. The summed E-state index contributed by atoms with van der Waals surface area (Å²) in [7, 11) is 1.58. The third-order valence-corrected chi connectivity index (χ3v) is 6.01. The molecule has 3 aromatic carbocycles. The maximum absolute atomic E-state index is 12.3. The van der Waals surface area contributed by atoms with E-state index in [9.17, 15) is 9.90 Å². The molecular weight excluding hydrogens is 420 g/mol. The van der Waals surface area contributed by atoms with Crippen LogP contribution < -0.4 is 14.4 Å². The first-order valence-corrected chi connectivity index (χ1v) is 10.8. The van der Waals surface area contributed by atoms with E-state index in [0.717, 1.165) is 22.3 Å². The number of hydrogen-bond donors (Lipinski definition) is 1. The highest BCUT2D eigenvalue weighted by Crippen LogP contribution is 2.40. The minimum atomic E-state index is -0.948. The number of rotatable bonds is 6. The first-order valence-electron chi connectivity index (χ1n) is 10.8. The zero-order chi connectivity index (χ0) is 22.9. The van der Waals surface area contributed by atoms with Gasteiger partial charge >= 0.3 is 5.97 Å². The number of aliphatic carboxylic acids is 1. The number of hydrogen-bond acceptors (Lipinski definition) is 6. The summed E-state index contributed by atoms with van der Waals surface area (Å²) in [5.41, 5.74) is 5.14. The molecule has 1 unspecified atom stereocenters. The maximum Gasteiger partial charge on any atom is 0.326 e. The van der Waals surface area contributed by atoms with E-state index in [-0.39, 0.29) is 6.42 Å². The van der Waals surface area contributed by atoms with Gasteiger partial charge < -0.3 is 23.9 Å². The van der Waals surface area contributed by atoms with Crippen LogP contribution in [0.1, 0.15) is 22.3 Å². The molecule has 2 heterocycles. The lowest BCUT2D eigenvalue weighted by Gasteiger charge is -2.34. The van der Waals surface area contributed by atoms with Crippen LogP contribution in [0.4, 0.5) is 6.01 Å². The van der Waals surface area contributed by atoms with E-state index in [1.54, 1.807) is 12.0 Å². The molecule has 7 nitrogen and oxygen atoms in total. The smallest absolute Gasteiger partial charge is 0.326 e. The highest BCUT2D eigenvalue weighted by Gasteiger charge is 2.36. The predicted molar refractivity (Wildman–Crippen MR) is 124 cm³/mol. The number of oxazole rings is 1. The Morgan fingerprint density at radius 2 is 1.97 bits per heavy atom. The van der Waals surface area contributed by atoms with Gasteiger partial charge in [-0.3, -0.25) is 0 Å². The molecule has 33 heavy (non-hydrogen) atoms. The van der Waals surface area contributed by atoms with E-state index in [4.69, 9.17) is 13.9 Å². The van der Waals surface area contributed by atoms with Gasteiger partial charge in [-0.1, -0.05) is 48.5 Å². The van der Waals surface area contributed by atoms with Gasteiger partial charge in [0.15, 0.2) is 17.1 Å². The number of anilines is 1.